The molecule has 3 heterocycles. The van der Waals surface area contributed by atoms with E-state index < -0.39 is 6.04 Å². The number of aromatic amines is 1. The van der Waals surface area contributed by atoms with Crippen LogP contribution in [0.15, 0.2) is 42.9 Å². The van der Waals surface area contributed by atoms with Crippen LogP contribution in [0.3, 0.4) is 0 Å². The lowest BCUT2D eigenvalue weighted by atomic mass is 9.81. The van der Waals surface area contributed by atoms with Gasteiger partial charge in [0.2, 0.25) is 5.91 Å². The Morgan fingerprint density at radius 2 is 2.10 bits per heavy atom. The van der Waals surface area contributed by atoms with Gasteiger partial charge in [-0.25, -0.2) is 14.4 Å². The van der Waals surface area contributed by atoms with Gasteiger partial charge in [0.1, 0.15) is 23.6 Å². The minimum absolute atomic E-state index is 0.0370. The summed E-state index contributed by atoms with van der Waals surface area (Å²) in [6.45, 7) is 1.29. The number of aliphatic hydroxyl groups excluding tert-OH is 1. The number of aliphatic hydroxyl groups is 1. The maximum Gasteiger partial charge on any atom is 0.224 e. The van der Waals surface area contributed by atoms with E-state index in [0.717, 1.165) is 49.2 Å². The van der Waals surface area contributed by atoms with Crippen LogP contribution in [-0.4, -0.2) is 45.7 Å². The molecule has 2 aromatic heterocycles. The van der Waals surface area contributed by atoms with E-state index in [9.17, 15) is 14.3 Å². The summed E-state index contributed by atoms with van der Waals surface area (Å²) >= 11 is 0. The summed E-state index contributed by atoms with van der Waals surface area (Å²) in [5.74, 6) is 0.426. The molecule has 1 saturated carbocycles. The van der Waals surface area contributed by atoms with Gasteiger partial charge < -0.3 is 20.3 Å². The minimum atomic E-state index is -0.534. The van der Waals surface area contributed by atoms with Crippen molar-refractivity contribution in [3.8, 4) is 0 Å². The summed E-state index contributed by atoms with van der Waals surface area (Å²) in [6, 6.07) is 7.33. The van der Waals surface area contributed by atoms with Crippen molar-refractivity contribution in [2.75, 3.05) is 24.6 Å². The number of fused-ring (bicyclic) bond motifs is 1. The summed E-state index contributed by atoms with van der Waals surface area (Å²) in [7, 11) is 0. The standard InChI is InChI=1S/C22H24FN5O2/c23-15-3-1-14(2-4-15)18(11-29)27-21(30)17-6-10-28(12-22(17)7-8-22)20-16-5-9-24-19(16)25-13-26-20/h1-5,9,13,17-18,29H,6-8,10-12H2,(H,27,30)(H,24,25,26)/t17?,18-/m0/s1. The molecule has 1 aliphatic heterocycles. The van der Waals surface area contributed by atoms with Gasteiger partial charge in [-0.15, -0.1) is 0 Å². The molecule has 3 N–H and O–H groups in total. The number of nitrogens with one attached hydrogen (secondary N) is 2. The number of amides is 1. The average molecular weight is 409 g/mol. The van der Waals surface area contributed by atoms with E-state index in [-0.39, 0.29) is 29.7 Å². The molecule has 30 heavy (non-hydrogen) atoms. The van der Waals surface area contributed by atoms with Gasteiger partial charge in [0, 0.05) is 25.2 Å². The van der Waals surface area contributed by atoms with Gasteiger partial charge in [-0.2, -0.15) is 0 Å². The Bertz CT molecular complexity index is 1060. The molecule has 1 unspecified atom stereocenters. The molecular formula is C22H24FN5O2. The summed E-state index contributed by atoms with van der Waals surface area (Å²) in [5.41, 5.74) is 1.46. The van der Waals surface area contributed by atoms with Crippen LogP contribution in [0.4, 0.5) is 10.2 Å². The van der Waals surface area contributed by atoms with E-state index in [1.165, 1.54) is 12.1 Å². The first-order valence-corrected chi connectivity index (χ1v) is 10.3. The molecule has 2 atom stereocenters. The highest BCUT2D eigenvalue weighted by molar-refractivity contribution is 5.88. The van der Waals surface area contributed by atoms with Crippen molar-refractivity contribution in [3.05, 3.63) is 54.2 Å². The topological polar surface area (TPSA) is 94.1 Å². The molecule has 8 heteroatoms. The zero-order chi connectivity index (χ0) is 20.7. The Labute approximate surface area is 173 Å². The van der Waals surface area contributed by atoms with E-state index in [2.05, 4.69) is 25.2 Å². The molecule has 1 aromatic carbocycles. The fraction of sp³-hybridized carbons (Fsp3) is 0.409. The van der Waals surface area contributed by atoms with Gasteiger partial charge in [-0.3, -0.25) is 4.79 Å². The molecule has 7 nitrogen and oxygen atoms in total. The predicted octanol–water partition coefficient (Wildman–Crippen LogP) is 2.55. The minimum Gasteiger partial charge on any atom is -0.394 e. The number of aromatic nitrogens is 3. The second-order valence-corrected chi connectivity index (χ2v) is 8.36. The van der Waals surface area contributed by atoms with Gasteiger partial charge in [0.25, 0.3) is 0 Å². The van der Waals surface area contributed by atoms with Crippen molar-refractivity contribution in [3.63, 3.8) is 0 Å². The van der Waals surface area contributed by atoms with Crippen LogP contribution in [0.25, 0.3) is 11.0 Å². The first-order chi connectivity index (χ1) is 14.6. The van der Waals surface area contributed by atoms with E-state index in [1.807, 2.05) is 12.3 Å². The molecule has 1 spiro atoms. The largest absolute Gasteiger partial charge is 0.394 e. The fourth-order valence-electron chi connectivity index (χ4n) is 4.73. The summed E-state index contributed by atoms with van der Waals surface area (Å²) in [6.07, 6.45) is 6.16. The first kappa shape index (κ1) is 19.0. The lowest BCUT2D eigenvalue weighted by molar-refractivity contribution is -0.129. The molecule has 2 fully saturated rings. The summed E-state index contributed by atoms with van der Waals surface area (Å²) in [4.78, 5) is 27.3. The van der Waals surface area contributed by atoms with Crippen LogP contribution in [0.1, 0.15) is 30.9 Å². The highest BCUT2D eigenvalue weighted by Crippen LogP contribution is 2.56. The van der Waals surface area contributed by atoms with Gasteiger partial charge in [0.05, 0.1) is 18.0 Å². The average Bonchev–Trinajstić information content (AvgIpc) is 3.34. The Balaban J connectivity index is 1.31. The van der Waals surface area contributed by atoms with Gasteiger partial charge >= 0.3 is 0 Å². The van der Waals surface area contributed by atoms with E-state index in [1.54, 1.807) is 18.5 Å². The number of anilines is 1. The van der Waals surface area contributed by atoms with Crippen molar-refractivity contribution in [2.24, 2.45) is 11.3 Å². The number of benzene rings is 1. The second-order valence-electron chi connectivity index (χ2n) is 8.36. The van der Waals surface area contributed by atoms with Crippen molar-refractivity contribution >= 4 is 22.8 Å². The molecular weight excluding hydrogens is 385 g/mol. The molecule has 2 aliphatic rings. The smallest absolute Gasteiger partial charge is 0.224 e. The Kier molecular flexibility index (Phi) is 4.66. The number of carbonyl (C=O) groups is 1. The maximum atomic E-state index is 13.2. The number of halogens is 1. The fourth-order valence-corrected chi connectivity index (χ4v) is 4.73. The lowest BCUT2D eigenvalue weighted by Gasteiger charge is -2.39. The Hall–Kier alpha value is -3.00. The van der Waals surface area contributed by atoms with Crippen LogP contribution in [0, 0.1) is 17.2 Å². The SMILES string of the molecule is O=C(N[C@@H](CO)c1ccc(F)cc1)C1CCN(c2ncnc3[nH]ccc23)CC12CC2. The van der Waals surface area contributed by atoms with Crippen molar-refractivity contribution in [1.29, 1.82) is 0 Å². The van der Waals surface area contributed by atoms with E-state index in [0.29, 0.717) is 5.56 Å². The highest BCUT2D eigenvalue weighted by atomic mass is 19.1. The van der Waals surface area contributed by atoms with Crippen LogP contribution in [-0.2, 0) is 4.79 Å². The van der Waals surface area contributed by atoms with Crippen molar-refractivity contribution in [2.45, 2.75) is 25.3 Å². The summed E-state index contributed by atoms with van der Waals surface area (Å²) in [5, 5.41) is 13.8. The van der Waals surface area contributed by atoms with E-state index >= 15 is 0 Å². The van der Waals surface area contributed by atoms with Gasteiger partial charge in [-0.1, -0.05) is 12.1 Å². The number of nitrogens with zero attached hydrogens (tertiary/aromatic N) is 3. The Morgan fingerprint density at radius 1 is 1.30 bits per heavy atom. The van der Waals surface area contributed by atoms with Crippen LogP contribution >= 0.6 is 0 Å². The molecule has 1 saturated heterocycles. The molecule has 5 rings (SSSR count). The molecule has 0 bridgehead atoms. The zero-order valence-corrected chi connectivity index (χ0v) is 16.5. The number of H-pyrrole nitrogens is 1. The van der Waals surface area contributed by atoms with Gasteiger partial charge in [-0.05, 0) is 48.4 Å². The van der Waals surface area contributed by atoms with Gasteiger partial charge in [0.15, 0.2) is 0 Å². The number of carbonyl (C=O) groups excluding carboxylic acids is 1. The van der Waals surface area contributed by atoms with E-state index in [4.69, 9.17) is 0 Å². The predicted molar refractivity (Wildman–Crippen MR) is 110 cm³/mol. The molecule has 156 valence electrons. The Morgan fingerprint density at radius 3 is 2.83 bits per heavy atom. The third-order valence-corrected chi connectivity index (χ3v) is 6.55. The van der Waals surface area contributed by atoms with Crippen LogP contribution in [0.5, 0.6) is 0 Å². The third-order valence-electron chi connectivity index (χ3n) is 6.55. The van der Waals surface area contributed by atoms with Crippen LogP contribution in [0.2, 0.25) is 0 Å². The molecule has 1 amide bonds. The second kappa shape index (κ2) is 7.36. The first-order valence-electron chi connectivity index (χ1n) is 10.3. The summed E-state index contributed by atoms with van der Waals surface area (Å²) < 4.78 is 13.2. The highest BCUT2D eigenvalue weighted by Gasteiger charge is 2.55. The maximum absolute atomic E-state index is 13.2. The molecule has 1 aliphatic carbocycles. The van der Waals surface area contributed by atoms with Crippen molar-refractivity contribution in [1.82, 2.24) is 20.3 Å². The molecule has 3 aromatic rings. The number of rotatable bonds is 5. The van der Waals surface area contributed by atoms with Crippen LogP contribution < -0.4 is 10.2 Å². The number of hydrogen-bond acceptors (Lipinski definition) is 5. The zero-order valence-electron chi connectivity index (χ0n) is 16.5. The number of hydrogen-bond donors (Lipinski definition) is 3. The third kappa shape index (κ3) is 3.31. The normalized spacial score (nSPS) is 21.0. The quantitative estimate of drug-likeness (QED) is 0.602. The number of piperidine rings is 1. The van der Waals surface area contributed by atoms with Crippen molar-refractivity contribution < 1.29 is 14.3 Å². The monoisotopic (exact) mass is 409 g/mol. The lowest BCUT2D eigenvalue weighted by Crippen LogP contribution is -2.49. The molecule has 0 radical (unpaired) electrons.